The molecule has 0 aromatic heterocycles. The first-order chi connectivity index (χ1) is 8.41. The lowest BCUT2D eigenvalue weighted by Gasteiger charge is -2.45. The van der Waals surface area contributed by atoms with Crippen LogP contribution in [0.25, 0.3) is 0 Å². The molecular formula is C16H34N2. The van der Waals surface area contributed by atoms with Crippen LogP contribution in [0.1, 0.15) is 60.8 Å². The Morgan fingerprint density at radius 3 is 2.44 bits per heavy atom. The maximum atomic E-state index is 3.72. The zero-order valence-corrected chi connectivity index (χ0v) is 13.4. The molecule has 108 valence electrons. The number of rotatable bonds is 6. The number of hydrogen-bond acceptors (Lipinski definition) is 2. The summed E-state index contributed by atoms with van der Waals surface area (Å²) in [5.41, 5.74) is 0.456. The van der Waals surface area contributed by atoms with Crippen LogP contribution in [0.15, 0.2) is 0 Å². The molecule has 0 aliphatic carbocycles. The largest absolute Gasteiger partial charge is 0.314 e. The summed E-state index contributed by atoms with van der Waals surface area (Å²) >= 11 is 0. The van der Waals surface area contributed by atoms with Gasteiger partial charge in [-0.15, -0.1) is 0 Å². The molecule has 0 aromatic carbocycles. The highest BCUT2D eigenvalue weighted by atomic mass is 15.2. The van der Waals surface area contributed by atoms with Gasteiger partial charge in [0.25, 0.3) is 0 Å². The Balaban J connectivity index is 2.52. The van der Waals surface area contributed by atoms with Crippen LogP contribution in [-0.4, -0.2) is 36.6 Å². The molecule has 0 aromatic rings. The van der Waals surface area contributed by atoms with Crippen molar-refractivity contribution < 1.29 is 0 Å². The summed E-state index contributed by atoms with van der Waals surface area (Å²) in [6.45, 7) is 17.9. The Morgan fingerprint density at radius 1 is 1.22 bits per heavy atom. The van der Waals surface area contributed by atoms with Gasteiger partial charge in [-0.25, -0.2) is 0 Å². The van der Waals surface area contributed by atoms with E-state index in [4.69, 9.17) is 0 Å². The molecule has 1 heterocycles. The highest BCUT2D eigenvalue weighted by molar-refractivity contribution is 4.90. The quantitative estimate of drug-likeness (QED) is 0.780. The molecule has 0 amide bonds. The summed E-state index contributed by atoms with van der Waals surface area (Å²) in [5, 5.41) is 3.72. The fourth-order valence-electron chi connectivity index (χ4n) is 2.94. The Labute approximate surface area is 115 Å². The molecule has 2 heteroatoms. The van der Waals surface area contributed by atoms with Gasteiger partial charge in [-0.05, 0) is 50.6 Å². The van der Waals surface area contributed by atoms with Gasteiger partial charge < -0.3 is 5.32 Å². The van der Waals surface area contributed by atoms with E-state index in [2.05, 4.69) is 51.8 Å². The third kappa shape index (κ3) is 4.24. The zero-order valence-electron chi connectivity index (χ0n) is 13.4. The number of likely N-dealkylation sites (tertiary alicyclic amines) is 1. The van der Waals surface area contributed by atoms with Crippen molar-refractivity contribution in [2.45, 2.75) is 72.9 Å². The Bertz CT molecular complexity index is 237. The molecular weight excluding hydrogens is 220 g/mol. The number of nitrogens with one attached hydrogen (secondary N) is 1. The summed E-state index contributed by atoms with van der Waals surface area (Å²) < 4.78 is 0. The van der Waals surface area contributed by atoms with E-state index in [-0.39, 0.29) is 0 Å². The minimum atomic E-state index is 0.456. The summed E-state index contributed by atoms with van der Waals surface area (Å²) in [6.07, 6.45) is 3.82. The van der Waals surface area contributed by atoms with Crippen molar-refractivity contribution in [3.63, 3.8) is 0 Å². The Morgan fingerprint density at radius 2 is 1.89 bits per heavy atom. The molecule has 0 saturated carbocycles. The van der Waals surface area contributed by atoms with Crippen LogP contribution >= 0.6 is 0 Å². The van der Waals surface area contributed by atoms with Crippen molar-refractivity contribution in [2.75, 3.05) is 19.6 Å². The van der Waals surface area contributed by atoms with E-state index in [1.807, 2.05) is 0 Å². The van der Waals surface area contributed by atoms with Gasteiger partial charge in [0, 0.05) is 18.6 Å². The first-order valence-electron chi connectivity index (χ1n) is 7.88. The monoisotopic (exact) mass is 254 g/mol. The van der Waals surface area contributed by atoms with E-state index < -0.39 is 0 Å². The summed E-state index contributed by atoms with van der Waals surface area (Å²) in [4.78, 5) is 2.71. The van der Waals surface area contributed by atoms with Gasteiger partial charge in [-0.2, -0.15) is 0 Å². The lowest BCUT2D eigenvalue weighted by molar-refractivity contribution is 0.0508. The smallest absolute Gasteiger partial charge is 0.0120 e. The molecule has 1 aliphatic rings. The van der Waals surface area contributed by atoms with E-state index in [1.165, 1.54) is 38.9 Å². The average molecular weight is 254 g/mol. The van der Waals surface area contributed by atoms with Crippen LogP contribution in [0.2, 0.25) is 0 Å². The zero-order chi connectivity index (χ0) is 13.8. The highest BCUT2D eigenvalue weighted by Crippen LogP contribution is 2.29. The van der Waals surface area contributed by atoms with Crippen LogP contribution in [-0.2, 0) is 0 Å². The van der Waals surface area contributed by atoms with Crippen molar-refractivity contribution in [2.24, 2.45) is 11.3 Å². The Hall–Kier alpha value is -0.0800. The normalized spacial score (nSPS) is 30.7. The van der Waals surface area contributed by atoms with Gasteiger partial charge in [-0.1, -0.05) is 34.6 Å². The average Bonchev–Trinajstić information content (AvgIpc) is 2.34. The van der Waals surface area contributed by atoms with E-state index in [9.17, 15) is 0 Å². The van der Waals surface area contributed by atoms with E-state index in [1.54, 1.807) is 0 Å². The second-order valence-electron chi connectivity index (χ2n) is 6.94. The van der Waals surface area contributed by atoms with Crippen LogP contribution in [0.5, 0.6) is 0 Å². The fraction of sp³-hybridized carbons (Fsp3) is 1.00. The number of hydrogen-bond donors (Lipinski definition) is 1. The third-order valence-electron chi connectivity index (χ3n) is 4.94. The van der Waals surface area contributed by atoms with Gasteiger partial charge in [0.05, 0.1) is 0 Å². The highest BCUT2D eigenvalue weighted by Gasteiger charge is 2.34. The molecule has 0 bridgehead atoms. The summed E-state index contributed by atoms with van der Waals surface area (Å²) in [6, 6.07) is 1.43. The molecule has 3 atom stereocenters. The second-order valence-corrected chi connectivity index (χ2v) is 6.94. The maximum Gasteiger partial charge on any atom is 0.0120 e. The molecule has 1 aliphatic heterocycles. The van der Waals surface area contributed by atoms with Crippen molar-refractivity contribution >= 4 is 0 Å². The Kier molecular flexibility index (Phi) is 6.13. The van der Waals surface area contributed by atoms with E-state index >= 15 is 0 Å². The summed E-state index contributed by atoms with van der Waals surface area (Å²) in [7, 11) is 0. The molecule has 0 radical (unpaired) electrons. The minimum absolute atomic E-state index is 0.456. The lowest BCUT2D eigenvalue weighted by atomic mass is 9.83. The molecule has 0 spiro atoms. The van der Waals surface area contributed by atoms with E-state index in [0.717, 1.165) is 12.0 Å². The molecule has 1 N–H and O–H groups in total. The standard InChI is InChI=1S/C16H34N2/c1-7-10-17-15-9-11-18(14(4)13(15)3)12-16(5,6)8-2/h13-15,17H,7-12H2,1-6H3. The predicted molar refractivity (Wildman–Crippen MR) is 81.0 cm³/mol. The molecule has 18 heavy (non-hydrogen) atoms. The summed E-state index contributed by atoms with van der Waals surface area (Å²) in [5.74, 6) is 0.762. The molecule has 1 fully saturated rings. The molecule has 3 unspecified atom stereocenters. The van der Waals surface area contributed by atoms with Crippen LogP contribution < -0.4 is 5.32 Å². The minimum Gasteiger partial charge on any atom is -0.314 e. The predicted octanol–water partition coefficient (Wildman–Crippen LogP) is 3.52. The van der Waals surface area contributed by atoms with Crippen LogP contribution in [0, 0.1) is 11.3 Å². The molecule has 1 saturated heterocycles. The van der Waals surface area contributed by atoms with Crippen molar-refractivity contribution in [1.29, 1.82) is 0 Å². The topological polar surface area (TPSA) is 15.3 Å². The van der Waals surface area contributed by atoms with Gasteiger partial charge in [-0.3, -0.25) is 4.90 Å². The lowest BCUT2D eigenvalue weighted by Crippen LogP contribution is -2.55. The number of piperidine rings is 1. The van der Waals surface area contributed by atoms with Crippen molar-refractivity contribution in [1.82, 2.24) is 10.2 Å². The number of nitrogens with zero attached hydrogens (tertiary/aromatic N) is 1. The van der Waals surface area contributed by atoms with Crippen LogP contribution in [0.4, 0.5) is 0 Å². The van der Waals surface area contributed by atoms with Gasteiger partial charge in [0.2, 0.25) is 0 Å². The van der Waals surface area contributed by atoms with Crippen molar-refractivity contribution in [3.8, 4) is 0 Å². The van der Waals surface area contributed by atoms with Crippen LogP contribution in [0.3, 0.4) is 0 Å². The molecule has 2 nitrogen and oxygen atoms in total. The maximum absolute atomic E-state index is 3.72. The fourth-order valence-corrected chi connectivity index (χ4v) is 2.94. The van der Waals surface area contributed by atoms with Crippen molar-refractivity contribution in [3.05, 3.63) is 0 Å². The van der Waals surface area contributed by atoms with Gasteiger partial charge in [0.1, 0.15) is 0 Å². The SMILES string of the molecule is CCCNC1CCN(CC(C)(C)CC)C(C)C1C. The second kappa shape index (κ2) is 6.91. The van der Waals surface area contributed by atoms with E-state index in [0.29, 0.717) is 11.5 Å². The first-order valence-corrected chi connectivity index (χ1v) is 7.88. The van der Waals surface area contributed by atoms with Gasteiger partial charge in [0.15, 0.2) is 0 Å². The third-order valence-corrected chi connectivity index (χ3v) is 4.94. The molecule has 1 rings (SSSR count). The van der Waals surface area contributed by atoms with Gasteiger partial charge >= 0.3 is 0 Å². The first kappa shape index (κ1) is 16.0.